The van der Waals surface area contributed by atoms with Gasteiger partial charge in [0, 0.05) is 11.1 Å². The molecule has 1 N–H and O–H groups in total. The number of carbonyl (C=O) groups is 2. The van der Waals surface area contributed by atoms with Gasteiger partial charge in [-0.2, -0.15) is 4.89 Å². The number of carbonyl (C=O) groups excluding carboxylic acids is 1. The number of ketones is 1. The van der Waals surface area contributed by atoms with Gasteiger partial charge in [-0.15, -0.1) is 0 Å². The lowest BCUT2D eigenvalue weighted by Crippen LogP contribution is -2.22. The molecule has 0 aliphatic rings. The Hall–Kier alpha value is -2.66. The molecule has 0 aromatic heterocycles. The third-order valence-corrected chi connectivity index (χ3v) is 2.90. The van der Waals surface area contributed by atoms with Crippen molar-refractivity contribution >= 4 is 11.8 Å². The van der Waals surface area contributed by atoms with Crippen molar-refractivity contribution in [3.63, 3.8) is 0 Å². The van der Waals surface area contributed by atoms with Crippen molar-refractivity contribution in [2.75, 3.05) is 0 Å². The minimum Gasteiger partial charge on any atom is -0.478 e. The van der Waals surface area contributed by atoms with Crippen molar-refractivity contribution in [3.8, 4) is 5.75 Å². The van der Waals surface area contributed by atoms with Crippen molar-refractivity contribution in [1.29, 1.82) is 0 Å². The zero-order valence-electron chi connectivity index (χ0n) is 13.2. The molecular formula is C18H18O5. The first-order valence-electron chi connectivity index (χ1n) is 7.11. The fourth-order valence-corrected chi connectivity index (χ4v) is 1.93. The molecule has 0 spiro atoms. The minimum atomic E-state index is -1.25. The molecule has 0 fully saturated rings. The van der Waals surface area contributed by atoms with Crippen LogP contribution in [0.4, 0.5) is 0 Å². The van der Waals surface area contributed by atoms with Crippen LogP contribution in [0.1, 0.15) is 47.1 Å². The second-order valence-corrected chi connectivity index (χ2v) is 5.96. The molecule has 120 valence electrons. The highest BCUT2D eigenvalue weighted by molar-refractivity contribution is 6.15. The van der Waals surface area contributed by atoms with Gasteiger partial charge in [-0.25, -0.2) is 4.79 Å². The SMILES string of the molecule is CC(C)(C)OOc1cccc(C(=O)c2ccccc2)c1C(=O)O. The van der Waals surface area contributed by atoms with Gasteiger partial charge in [0.05, 0.1) is 0 Å². The van der Waals surface area contributed by atoms with E-state index in [1.807, 2.05) is 0 Å². The summed E-state index contributed by atoms with van der Waals surface area (Å²) in [5.74, 6) is -1.64. The number of rotatable bonds is 5. The third kappa shape index (κ3) is 4.17. The average molecular weight is 314 g/mol. The maximum atomic E-state index is 12.6. The molecule has 0 saturated carbocycles. The fraction of sp³-hybridized carbons (Fsp3) is 0.222. The Morgan fingerprint density at radius 1 is 0.957 bits per heavy atom. The van der Waals surface area contributed by atoms with E-state index in [1.165, 1.54) is 12.1 Å². The number of carboxylic acid groups (broad SMARTS) is 1. The molecule has 0 aliphatic carbocycles. The van der Waals surface area contributed by atoms with E-state index >= 15 is 0 Å². The summed E-state index contributed by atoms with van der Waals surface area (Å²) >= 11 is 0. The van der Waals surface area contributed by atoms with Crippen LogP contribution in [0.5, 0.6) is 5.75 Å². The van der Waals surface area contributed by atoms with E-state index < -0.39 is 11.6 Å². The number of hydrogen-bond acceptors (Lipinski definition) is 4. The second-order valence-electron chi connectivity index (χ2n) is 5.96. The summed E-state index contributed by atoms with van der Waals surface area (Å²) in [6.45, 7) is 5.31. The van der Waals surface area contributed by atoms with Gasteiger partial charge in [0.2, 0.25) is 0 Å². The van der Waals surface area contributed by atoms with Crippen LogP contribution in [0.3, 0.4) is 0 Å². The molecule has 23 heavy (non-hydrogen) atoms. The monoisotopic (exact) mass is 314 g/mol. The van der Waals surface area contributed by atoms with Crippen LogP contribution in [0.15, 0.2) is 48.5 Å². The molecule has 2 aromatic carbocycles. The summed E-state index contributed by atoms with van der Waals surface area (Å²) < 4.78 is 0. The zero-order chi connectivity index (χ0) is 17.0. The van der Waals surface area contributed by atoms with E-state index in [1.54, 1.807) is 57.2 Å². The lowest BCUT2D eigenvalue weighted by molar-refractivity contribution is -0.274. The Balaban J connectivity index is 2.44. The van der Waals surface area contributed by atoms with Crippen molar-refractivity contribution in [1.82, 2.24) is 0 Å². The van der Waals surface area contributed by atoms with E-state index in [2.05, 4.69) is 0 Å². The summed E-state index contributed by atoms with van der Waals surface area (Å²) in [5.41, 5.74) is -0.372. The maximum absolute atomic E-state index is 12.6. The molecule has 2 rings (SSSR count). The minimum absolute atomic E-state index is 0.00536. The van der Waals surface area contributed by atoms with Crippen molar-refractivity contribution in [2.45, 2.75) is 26.4 Å². The first-order chi connectivity index (χ1) is 10.8. The summed E-state index contributed by atoms with van der Waals surface area (Å²) in [6, 6.07) is 13.0. The Kier molecular flexibility index (Phi) is 4.81. The van der Waals surface area contributed by atoms with Crippen LogP contribution in [-0.2, 0) is 4.89 Å². The molecule has 5 heteroatoms. The number of hydrogen-bond donors (Lipinski definition) is 1. The molecule has 0 atom stereocenters. The van der Waals surface area contributed by atoms with E-state index in [9.17, 15) is 14.7 Å². The summed E-state index contributed by atoms with van der Waals surface area (Å²) in [6.07, 6.45) is 0. The van der Waals surface area contributed by atoms with Crippen LogP contribution in [0, 0.1) is 0 Å². The van der Waals surface area contributed by atoms with Crippen LogP contribution >= 0.6 is 0 Å². The maximum Gasteiger partial charge on any atom is 0.340 e. The molecule has 0 aliphatic heterocycles. The van der Waals surface area contributed by atoms with Crippen LogP contribution < -0.4 is 4.89 Å². The highest BCUT2D eigenvalue weighted by atomic mass is 17.2. The molecular weight excluding hydrogens is 296 g/mol. The summed E-state index contributed by atoms with van der Waals surface area (Å²) in [5, 5.41) is 9.48. The Bertz CT molecular complexity index is 714. The molecule has 0 radical (unpaired) electrons. The predicted molar refractivity (Wildman–Crippen MR) is 84.7 cm³/mol. The first-order valence-corrected chi connectivity index (χ1v) is 7.11. The zero-order valence-corrected chi connectivity index (χ0v) is 13.2. The van der Waals surface area contributed by atoms with E-state index in [0.29, 0.717) is 5.56 Å². The Morgan fingerprint density at radius 2 is 1.61 bits per heavy atom. The molecule has 0 amide bonds. The van der Waals surface area contributed by atoms with Crippen molar-refractivity contribution < 1.29 is 24.5 Å². The van der Waals surface area contributed by atoms with Gasteiger partial charge in [0.1, 0.15) is 11.2 Å². The highest BCUT2D eigenvalue weighted by Crippen LogP contribution is 2.26. The predicted octanol–water partition coefficient (Wildman–Crippen LogP) is 3.72. The van der Waals surface area contributed by atoms with Gasteiger partial charge in [0.25, 0.3) is 0 Å². The van der Waals surface area contributed by atoms with Crippen LogP contribution in [0.25, 0.3) is 0 Å². The van der Waals surface area contributed by atoms with E-state index in [-0.39, 0.29) is 22.7 Å². The molecule has 0 heterocycles. The van der Waals surface area contributed by atoms with E-state index in [4.69, 9.17) is 9.78 Å². The number of carboxylic acids is 1. The average Bonchev–Trinajstić information content (AvgIpc) is 2.51. The summed E-state index contributed by atoms with van der Waals surface area (Å²) in [4.78, 5) is 34.5. The number of benzene rings is 2. The molecule has 0 saturated heterocycles. The molecule has 0 bridgehead atoms. The normalized spacial score (nSPS) is 11.1. The second kappa shape index (κ2) is 6.62. The Morgan fingerprint density at radius 3 is 2.17 bits per heavy atom. The Labute approximate surface area is 134 Å². The highest BCUT2D eigenvalue weighted by Gasteiger charge is 2.24. The molecule has 2 aromatic rings. The molecule has 0 unspecified atom stereocenters. The van der Waals surface area contributed by atoms with Crippen molar-refractivity contribution in [2.24, 2.45) is 0 Å². The third-order valence-electron chi connectivity index (χ3n) is 2.90. The van der Waals surface area contributed by atoms with Gasteiger partial charge < -0.3 is 9.99 Å². The van der Waals surface area contributed by atoms with Crippen LogP contribution in [0.2, 0.25) is 0 Å². The molecule has 5 nitrogen and oxygen atoms in total. The van der Waals surface area contributed by atoms with Gasteiger partial charge >= 0.3 is 5.97 Å². The van der Waals surface area contributed by atoms with Crippen LogP contribution in [-0.4, -0.2) is 22.5 Å². The van der Waals surface area contributed by atoms with Gasteiger partial charge in [-0.1, -0.05) is 36.4 Å². The van der Waals surface area contributed by atoms with Gasteiger partial charge in [0.15, 0.2) is 11.5 Å². The lowest BCUT2D eigenvalue weighted by Gasteiger charge is -2.19. The first kappa shape index (κ1) is 16.7. The number of aromatic carboxylic acids is 1. The van der Waals surface area contributed by atoms with E-state index in [0.717, 1.165) is 0 Å². The smallest absolute Gasteiger partial charge is 0.340 e. The largest absolute Gasteiger partial charge is 0.478 e. The van der Waals surface area contributed by atoms with Gasteiger partial charge in [-0.3, -0.25) is 4.79 Å². The lowest BCUT2D eigenvalue weighted by atomic mass is 9.98. The standard InChI is InChI=1S/C18H18O5/c1-18(2,3)23-22-14-11-7-10-13(15(14)17(20)21)16(19)12-8-5-4-6-9-12/h4-11H,1-3H3,(H,20,21). The van der Waals surface area contributed by atoms with Crippen molar-refractivity contribution in [3.05, 3.63) is 65.2 Å². The topological polar surface area (TPSA) is 72.8 Å². The van der Waals surface area contributed by atoms with Gasteiger partial charge in [-0.05, 0) is 32.9 Å². The summed E-state index contributed by atoms with van der Waals surface area (Å²) in [7, 11) is 0. The quantitative estimate of drug-likeness (QED) is 0.517. The fourth-order valence-electron chi connectivity index (χ4n) is 1.93.